The van der Waals surface area contributed by atoms with E-state index in [0.717, 1.165) is 24.8 Å². The summed E-state index contributed by atoms with van der Waals surface area (Å²) >= 11 is 1.50. The summed E-state index contributed by atoms with van der Waals surface area (Å²) in [4.78, 5) is 12.9. The van der Waals surface area contributed by atoms with E-state index in [9.17, 15) is 4.79 Å². The predicted octanol–water partition coefficient (Wildman–Crippen LogP) is 2.89. The molecule has 76 valence electrons. The molecule has 1 N–H and O–H groups in total. The highest BCUT2D eigenvalue weighted by Crippen LogP contribution is 2.34. The minimum atomic E-state index is -0.749. The number of hydrogen-bond donors (Lipinski definition) is 1. The molecule has 0 unspecified atom stereocenters. The van der Waals surface area contributed by atoms with E-state index in [1.54, 1.807) is 0 Å². The molecule has 0 atom stereocenters. The van der Waals surface area contributed by atoms with Crippen LogP contribution in [-0.2, 0) is 19.3 Å². The van der Waals surface area contributed by atoms with Crippen molar-refractivity contribution < 1.29 is 9.90 Å². The summed E-state index contributed by atoms with van der Waals surface area (Å²) in [5.74, 6) is -0.749. The molecule has 1 heterocycles. The molecule has 14 heavy (non-hydrogen) atoms. The van der Waals surface area contributed by atoms with Gasteiger partial charge in [0.25, 0.3) is 0 Å². The first-order valence-corrected chi connectivity index (χ1v) is 5.92. The van der Waals surface area contributed by atoms with E-state index in [1.807, 2.05) is 6.92 Å². The normalized spacial score (nSPS) is 15.2. The molecule has 2 nitrogen and oxygen atoms in total. The SMILES string of the molecule is CCc1c(C(=O)O)sc2c1CCCC2. The Bertz CT molecular complexity index is 366. The number of hydrogen-bond acceptors (Lipinski definition) is 2. The summed E-state index contributed by atoms with van der Waals surface area (Å²) in [7, 11) is 0. The zero-order chi connectivity index (χ0) is 10.1. The first-order valence-electron chi connectivity index (χ1n) is 5.10. The quantitative estimate of drug-likeness (QED) is 0.815. The van der Waals surface area contributed by atoms with Gasteiger partial charge >= 0.3 is 5.97 Å². The number of aromatic carboxylic acids is 1. The number of aryl methyl sites for hydroxylation is 1. The molecular weight excluding hydrogens is 196 g/mol. The molecule has 1 aliphatic rings. The molecule has 0 amide bonds. The summed E-state index contributed by atoms with van der Waals surface area (Å²) in [6.45, 7) is 2.05. The maximum Gasteiger partial charge on any atom is 0.346 e. The van der Waals surface area contributed by atoms with Crippen LogP contribution in [0.15, 0.2) is 0 Å². The lowest BCUT2D eigenvalue weighted by Crippen LogP contribution is -2.02. The van der Waals surface area contributed by atoms with Gasteiger partial charge in [-0.2, -0.15) is 0 Å². The van der Waals surface area contributed by atoms with Crippen molar-refractivity contribution in [2.24, 2.45) is 0 Å². The van der Waals surface area contributed by atoms with E-state index in [4.69, 9.17) is 5.11 Å². The van der Waals surface area contributed by atoms with Crippen molar-refractivity contribution in [2.75, 3.05) is 0 Å². The molecule has 0 aliphatic heterocycles. The molecular formula is C11H14O2S. The van der Waals surface area contributed by atoms with E-state index in [1.165, 1.54) is 34.6 Å². The zero-order valence-electron chi connectivity index (χ0n) is 8.30. The highest BCUT2D eigenvalue weighted by molar-refractivity contribution is 7.14. The molecule has 3 heteroatoms. The molecule has 0 bridgehead atoms. The summed E-state index contributed by atoms with van der Waals surface area (Å²) in [6.07, 6.45) is 5.46. The summed E-state index contributed by atoms with van der Waals surface area (Å²) < 4.78 is 0. The van der Waals surface area contributed by atoms with E-state index in [2.05, 4.69) is 0 Å². The Morgan fingerprint density at radius 1 is 1.43 bits per heavy atom. The van der Waals surface area contributed by atoms with Crippen molar-refractivity contribution in [2.45, 2.75) is 39.0 Å². The Balaban J connectivity index is 2.51. The van der Waals surface area contributed by atoms with E-state index in [-0.39, 0.29) is 0 Å². The van der Waals surface area contributed by atoms with Crippen LogP contribution in [0, 0.1) is 0 Å². The molecule has 0 saturated carbocycles. The molecule has 1 aromatic heterocycles. The van der Waals surface area contributed by atoms with Crippen LogP contribution in [0.3, 0.4) is 0 Å². The van der Waals surface area contributed by atoms with Gasteiger partial charge < -0.3 is 5.11 Å². The molecule has 1 aliphatic carbocycles. The number of carbonyl (C=O) groups is 1. The molecule has 0 saturated heterocycles. The van der Waals surface area contributed by atoms with Crippen LogP contribution in [0.1, 0.15) is 45.4 Å². The Morgan fingerprint density at radius 3 is 2.79 bits per heavy atom. The minimum Gasteiger partial charge on any atom is -0.477 e. The molecule has 0 fully saturated rings. The summed E-state index contributed by atoms with van der Waals surface area (Å²) in [5, 5.41) is 9.06. The number of carboxylic acids is 1. The Labute approximate surface area is 87.6 Å². The predicted molar refractivity (Wildman–Crippen MR) is 57.3 cm³/mol. The second-order valence-electron chi connectivity index (χ2n) is 3.68. The van der Waals surface area contributed by atoms with Gasteiger partial charge in [0.15, 0.2) is 0 Å². The first-order chi connectivity index (χ1) is 6.74. The van der Waals surface area contributed by atoms with Gasteiger partial charge in [0, 0.05) is 4.88 Å². The van der Waals surface area contributed by atoms with Gasteiger partial charge in [-0.05, 0) is 43.2 Å². The maximum absolute atomic E-state index is 11.0. The van der Waals surface area contributed by atoms with Crippen molar-refractivity contribution in [1.29, 1.82) is 0 Å². The second kappa shape index (κ2) is 3.73. The highest BCUT2D eigenvalue weighted by atomic mass is 32.1. The third kappa shape index (κ3) is 1.46. The summed E-state index contributed by atoms with van der Waals surface area (Å²) in [6, 6.07) is 0. The highest BCUT2D eigenvalue weighted by Gasteiger charge is 2.22. The number of rotatable bonds is 2. The minimum absolute atomic E-state index is 0.583. The van der Waals surface area contributed by atoms with Crippen LogP contribution in [0.4, 0.5) is 0 Å². The van der Waals surface area contributed by atoms with Crippen molar-refractivity contribution in [1.82, 2.24) is 0 Å². The Hall–Kier alpha value is -0.830. The van der Waals surface area contributed by atoms with Gasteiger partial charge in [-0.25, -0.2) is 4.79 Å². The second-order valence-corrected chi connectivity index (χ2v) is 4.78. The monoisotopic (exact) mass is 210 g/mol. The first kappa shape index (κ1) is 9.71. The molecule has 0 spiro atoms. The topological polar surface area (TPSA) is 37.3 Å². The molecule has 0 radical (unpaired) electrons. The number of thiophene rings is 1. The number of fused-ring (bicyclic) bond motifs is 1. The van der Waals surface area contributed by atoms with Gasteiger partial charge in [0.1, 0.15) is 4.88 Å². The van der Waals surface area contributed by atoms with E-state index < -0.39 is 5.97 Å². The third-order valence-electron chi connectivity index (χ3n) is 2.83. The average molecular weight is 210 g/mol. The van der Waals surface area contributed by atoms with Crippen LogP contribution < -0.4 is 0 Å². The van der Waals surface area contributed by atoms with Crippen molar-refractivity contribution >= 4 is 17.3 Å². The Kier molecular flexibility index (Phi) is 2.59. The smallest absolute Gasteiger partial charge is 0.346 e. The van der Waals surface area contributed by atoms with E-state index in [0.29, 0.717) is 4.88 Å². The van der Waals surface area contributed by atoms with Crippen LogP contribution in [-0.4, -0.2) is 11.1 Å². The van der Waals surface area contributed by atoms with Crippen LogP contribution in [0.5, 0.6) is 0 Å². The fourth-order valence-electron chi connectivity index (χ4n) is 2.18. The Morgan fingerprint density at radius 2 is 2.14 bits per heavy atom. The zero-order valence-corrected chi connectivity index (χ0v) is 9.12. The number of carboxylic acid groups (broad SMARTS) is 1. The van der Waals surface area contributed by atoms with Crippen LogP contribution in [0.2, 0.25) is 0 Å². The summed E-state index contributed by atoms with van der Waals surface area (Å²) in [5.41, 5.74) is 2.44. The van der Waals surface area contributed by atoms with Crippen LogP contribution in [0.25, 0.3) is 0 Å². The van der Waals surface area contributed by atoms with E-state index >= 15 is 0 Å². The van der Waals surface area contributed by atoms with Crippen LogP contribution >= 0.6 is 11.3 Å². The molecule has 2 rings (SSSR count). The lowest BCUT2D eigenvalue weighted by Gasteiger charge is -2.11. The fraction of sp³-hybridized carbons (Fsp3) is 0.545. The lowest BCUT2D eigenvalue weighted by atomic mass is 9.94. The van der Waals surface area contributed by atoms with Gasteiger partial charge in [0.2, 0.25) is 0 Å². The average Bonchev–Trinajstić information content (AvgIpc) is 2.56. The van der Waals surface area contributed by atoms with Crippen molar-refractivity contribution in [3.05, 3.63) is 20.9 Å². The van der Waals surface area contributed by atoms with Crippen molar-refractivity contribution in [3.8, 4) is 0 Å². The largest absolute Gasteiger partial charge is 0.477 e. The van der Waals surface area contributed by atoms with Gasteiger partial charge in [-0.15, -0.1) is 11.3 Å². The third-order valence-corrected chi connectivity index (χ3v) is 4.15. The standard InChI is InChI=1S/C11H14O2S/c1-2-7-8-5-3-4-6-9(8)14-10(7)11(12)13/h2-6H2,1H3,(H,12,13). The fourth-order valence-corrected chi connectivity index (χ4v) is 3.50. The van der Waals surface area contributed by atoms with Gasteiger partial charge in [-0.1, -0.05) is 6.92 Å². The lowest BCUT2D eigenvalue weighted by molar-refractivity contribution is 0.0701. The molecule has 1 aromatic rings. The maximum atomic E-state index is 11.0. The van der Waals surface area contributed by atoms with Gasteiger partial charge in [0.05, 0.1) is 0 Å². The van der Waals surface area contributed by atoms with Gasteiger partial charge in [-0.3, -0.25) is 0 Å². The molecule has 0 aromatic carbocycles. The van der Waals surface area contributed by atoms with Crippen molar-refractivity contribution in [3.63, 3.8) is 0 Å².